The van der Waals surface area contributed by atoms with E-state index in [9.17, 15) is 4.79 Å². The maximum absolute atomic E-state index is 12.3. The number of likely N-dealkylation sites (N-methyl/N-ethyl adjacent to an activating group) is 1. The Morgan fingerprint density at radius 1 is 1.21 bits per heavy atom. The maximum atomic E-state index is 12.3. The van der Waals surface area contributed by atoms with Crippen molar-refractivity contribution in [2.45, 2.75) is 64.1 Å². The molecule has 2 fully saturated rings. The van der Waals surface area contributed by atoms with Crippen LogP contribution in [0.4, 0.5) is 0 Å². The minimum Gasteiger partial charge on any atom is -0.378 e. The first-order chi connectivity index (χ1) is 9.09. The van der Waals surface area contributed by atoms with Crippen LogP contribution in [0.2, 0.25) is 0 Å². The summed E-state index contributed by atoms with van der Waals surface area (Å²) < 4.78 is 5.50. The zero-order chi connectivity index (χ0) is 13.8. The molecule has 0 aliphatic carbocycles. The average molecular weight is 268 g/mol. The molecule has 1 amide bonds. The van der Waals surface area contributed by atoms with Gasteiger partial charge >= 0.3 is 0 Å². The lowest BCUT2D eigenvalue weighted by Gasteiger charge is -2.33. The molecule has 19 heavy (non-hydrogen) atoms. The van der Waals surface area contributed by atoms with Crippen LogP contribution in [0.5, 0.6) is 0 Å². The van der Waals surface area contributed by atoms with E-state index in [0.29, 0.717) is 25.1 Å². The third-order valence-corrected chi connectivity index (χ3v) is 4.41. The Bertz CT molecular complexity index is 307. The topological polar surface area (TPSA) is 32.8 Å². The zero-order valence-corrected chi connectivity index (χ0v) is 12.6. The first-order valence-electron chi connectivity index (χ1n) is 7.71. The molecule has 4 heteroatoms. The van der Waals surface area contributed by atoms with Crippen LogP contribution in [0.1, 0.15) is 46.0 Å². The monoisotopic (exact) mass is 268 g/mol. The molecule has 0 spiro atoms. The molecule has 2 aliphatic heterocycles. The van der Waals surface area contributed by atoms with E-state index in [1.807, 2.05) is 13.8 Å². The van der Waals surface area contributed by atoms with Gasteiger partial charge in [0.15, 0.2) is 0 Å². The van der Waals surface area contributed by atoms with Gasteiger partial charge in [-0.2, -0.15) is 0 Å². The predicted octanol–water partition coefficient (Wildman–Crippen LogP) is 1.89. The van der Waals surface area contributed by atoms with Crippen molar-refractivity contribution in [3.63, 3.8) is 0 Å². The van der Waals surface area contributed by atoms with Gasteiger partial charge < -0.3 is 14.5 Å². The summed E-state index contributed by atoms with van der Waals surface area (Å²) in [5, 5.41) is 0. The highest BCUT2D eigenvalue weighted by atomic mass is 16.5. The number of likely N-dealkylation sites (tertiary alicyclic amines) is 2. The van der Waals surface area contributed by atoms with Gasteiger partial charge in [-0.3, -0.25) is 4.79 Å². The summed E-state index contributed by atoms with van der Waals surface area (Å²) in [6, 6.07) is 1.02. The summed E-state index contributed by atoms with van der Waals surface area (Å²) in [5.41, 5.74) is 0. The number of ether oxygens (including phenoxy) is 1. The molecular formula is C15H28N2O2. The van der Waals surface area contributed by atoms with Crippen LogP contribution in [0.3, 0.4) is 0 Å². The molecule has 2 heterocycles. The van der Waals surface area contributed by atoms with E-state index >= 15 is 0 Å². The molecule has 2 aliphatic rings. The first kappa shape index (κ1) is 14.8. The lowest BCUT2D eigenvalue weighted by molar-refractivity contribution is -0.134. The largest absolute Gasteiger partial charge is 0.378 e. The van der Waals surface area contributed by atoms with Crippen LogP contribution in [0.15, 0.2) is 0 Å². The third kappa shape index (κ3) is 3.69. The molecule has 0 N–H and O–H groups in total. The highest BCUT2D eigenvalue weighted by molar-refractivity contribution is 5.77. The second kappa shape index (κ2) is 6.71. The Hall–Kier alpha value is -0.610. The lowest BCUT2D eigenvalue weighted by atomic mass is 10.0. The fourth-order valence-corrected chi connectivity index (χ4v) is 3.45. The molecule has 0 bridgehead atoms. The number of nitrogens with zero attached hydrogens (tertiary/aromatic N) is 2. The van der Waals surface area contributed by atoms with Gasteiger partial charge in [0, 0.05) is 18.6 Å². The number of carbonyl (C=O) groups is 1. The van der Waals surface area contributed by atoms with Crippen LogP contribution in [-0.2, 0) is 9.53 Å². The molecule has 0 radical (unpaired) electrons. The SMILES string of the molecule is CC(C)OCCC(=O)N1CCC[C@H]1[C@H]1CCCN1C. The van der Waals surface area contributed by atoms with Crippen molar-refractivity contribution in [1.29, 1.82) is 0 Å². The molecule has 0 aromatic carbocycles. The Morgan fingerprint density at radius 3 is 2.53 bits per heavy atom. The van der Waals surface area contributed by atoms with E-state index in [1.165, 1.54) is 25.8 Å². The van der Waals surface area contributed by atoms with Gasteiger partial charge in [0.25, 0.3) is 0 Å². The van der Waals surface area contributed by atoms with Crippen LogP contribution in [0, 0.1) is 0 Å². The molecule has 2 rings (SSSR count). The van der Waals surface area contributed by atoms with Crippen LogP contribution < -0.4 is 0 Å². The molecule has 0 aromatic heterocycles. The standard InChI is InChI=1S/C15H28N2O2/c1-12(2)19-11-8-15(18)17-10-5-7-14(17)13-6-4-9-16(13)3/h12-14H,4-11H2,1-3H3/t13-,14+/m1/s1. The van der Waals surface area contributed by atoms with E-state index in [1.54, 1.807) is 0 Å². The van der Waals surface area contributed by atoms with E-state index in [0.717, 1.165) is 13.0 Å². The highest BCUT2D eigenvalue weighted by Crippen LogP contribution is 2.29. The Kier molecular flexibility index (Phi) is 5.22. The molecule has 0 unspecified atom stereocenters. The van der Waals surface area contributed by atoms with Gasteiger partial charge in [0.2, 0.25) is 5.91 Å². The summed E-state index contributed by atoms with van der Waals surface area (Å²) in [6.07, 6.45) is 5.59. The number of carbonyl (C=O) groups excluding carboxylic acids is 1. The number of rotatable bonds is 5. The Morgan fingerprint density at radius 2 is 1.89 bits per heavy atom. The van der Waals surface area contributed by atoms with Crippen molar-refractivity contribution >= 4 is 5.91 Å². The van der Waals surface area contributed by atoms with E-state index in [2.05, 4.69) is 16.8 Å². The van der Waals surface area contributed by atoms with Crippen molar-refractivity contribution in [2.24, 2.45) is 0 Å². The van der Waals surface area contributed by atoms with Crippen molar-refractivity contribution in [3.8, 4) is 0 Å². The molecule has 110 valence electrons. The van der Waals surface area contributed by atoms with Crippen molar-refractivity contribution in [3.05, 3.63) is 0 Å². The second-order valence-corrected chi connectivity index (χ2v) is 6.16. The number of amides is 1. The summed E-state index contributed by atoms with van der Waals surface area (Å²) >= 11 is 0. The highest BCUT2D eigenvalue weighted by Gasteiger charge is 2.37. The predicted molar refractivity (Wildman–Crippen MR) is 76.1 cm³/mol. The molecule has 2 saturated heterocycles. The first-order valence-corrected chi connectivity index (χ1v) is 7.71. The minimum atomic E-state index is 0.211. The normalized spacial score (nSPS) is 28.5. The van der Waals surface area contributed by atoms with Gasteiger partial charge in [0.05, 0.1) is 19.1 Å². The summed E-state index contributed by atoms with van der Waals surface area (Å²) in [5.74, 6) is 0.281. The van der Waals surface area contributed by atoms with Gasteiger partial charge in [-0.05, 0) is 53.1 Å². The van der Waals surface area contributed by atoms with Crippen LogP contribution in [-0.4, -0.2) is 60.6 Å². The summed E-state index contributed by atoms with van der Waals surface area (Å²) in [4.78, 5) is 16.9. The average Bonchev–Trinajstić information content (AvgIpc) is 2.96. The molecule has 4 nitrogen and oxygen atoms in total. The van der Waals surface area contributed by atoms with E-state index in [4.69, 9.17) is 4.74 Å². The van der Waals surface area contributed by atoms with Gasteiger partial charge in [0.1, 0.15) is 0 Å². The van der Waals surface area contributed by atoms with Gasteiger partial charge in [-0.15, -0.1) is 0 Å². The second-order valence-electron chi connectivity index (χ2n) is 6.16. The molecular weight excluding hydrogens is 240 g/mol. The number of hydrogen-bond acceptors (Lipinski definition) is 3. The van der Waals surface area contributed by atoms with Gasteiger partial charge in [-0.1, -0.05) is 0 Å². The van der Waals surface area contributed by atoms with Gasteiger partial charge in [-0.25, -0.2) is 0 Å². The molecule has 0 saturated carbocycles. The smallest absolute Gasteiger partial charge is 0.225 e. The van der Waals surface area contributed by atoms with Crippen molar-refractivity contribution in [1.82, 2.24) is 9.80 Å². The van der Waals surface area contributed by atoms with Crippen LogP contribution >= 0.6 is 0 Å². The van der Waals surface area contributed by atoms with E-state index < -0.39 is 0 Å². The molecule has 2 atom stereocenters. The fraction of sp³-hybridized carbons (Fsp3) is 0.933. The summed E-state index contributed by atoms with van der Waals surface area (Å²) in [6.45, 7) is 6.70. The third-order valence-electron chi connectivity index (χ3n) is 4.41. The van der Waals surface area contributed by atoms with Crippen LogP contribution in [0.25, 0.3) is 0 Å². The van der Waals surface area contributed by atoms with E-state index in [-0.39, 0.29) is 12.0 Å². The maximum Gasteiger partial charge on any atom is 0.225 e. The Balaban J connectivity index is 1.85. The van der Waals surface area contributed by atoms with Crippen molar-refractivity contribution < 1.29 is 9.53 Å². The lowest BCUT2D eigenvalue weighted by Crippen LogP contribution is -2.47. The Labute approximate surface area is 117 Å². The quantitative estimate of drug-likeness (QED) is 0.763. The molecule has 0 aromatic rings. The summed E-state index contributed by atoms with van der Waals surface area (Å²) in [7, 11) is 2.19. The minimum absolute atomic E-state index is 0.211. The number of hydrogen-bond donors (Lipinski definition) is 0. The van der Waals surface area contributed by atoms with Crippen molar-refractivity contribution in [2.75, 3.05) is 26.7 Å². The zero-order valence-electron chi connectivity index (χ0n) is 12.6. The fourth-order valence-electron chi connectivity index (χ4n) is 3.45.